The Morgan fingerprint density at radius 1 is 0.769 bits per heavy atom. The molecular weight excluding hydrogens is 502 g/mol. The number of ether oxygens (including phenoxy) is 2. The molecule has 2 amide bonds. The Morgan fingerprint density at radius 2 is 1.41 bits per heavy atom. The third kappa shape index (κ3) is 5.37. The highest BCUT2D eigenvalue weighted by Gasteiger charge is 2.43. The minimum Gasteiger partial charge on any atom is -0.457 e. The van der Waals surface area contributed by atoms with Crippen LogP contribution in [0.1, 0.15) is 47.2 Å². The maximum atomic E-state index is 13.2. The molecule has 0 spiro atoms. The summed E-state index contributed by atoms with van der Waals surface area (Å²) >= 11 is 0. The van der Waals surface area contributed by atoms with Gasteiger partial charge in [-0.1, -0.05) is 42.5 Å². The van der Waals surface area contributed by atoms with Crippen molar-refractivity contribution < 1.29 is 37.9 Å². The first-order valence-corrected chi connectivity index (χ1v) is 12.0. The van der Waals surface area contributed by atoms with Gasteiger partial charge in [-0.25, -0.2) is 9.59 Å². The van der Waals surface area contributed by atoms with Gasteiger partial charge >= 0.3 is 11.9 Å². The molecule has 4 aromatic rings. The molecule has 194 valence electrons. The largest absolute Gasteiger partial charge is 0.457 e. The molecule has 2 heterocycles. The number of furan rings is 1. The van der Waals surface area contributed by atoms with E-state index in [4.69, 9.17) is 13.9 Å². The second kappa shape index (κ2) is 11.0. The van der Waals surface area contributed by atoms with Crippen molar-refractivity contribution in [3.63, 3.8) is 0 Å². The van der Waals surface area contributed by atoms with Gasteiger partial charge < -0.3 is 13.9 Å². The number of carbonyl (C=O) groups excluding carboxylic acids is 5. The van der Waals surface area contributed by atoms with Crippen LogP contribution in [0, 0.1) is 0 Å². The molecule has 3 aromatic carbocycles. The molecule has 1 atom stereocenters. The molecule has 9 nitrogen and oxygen atoms in total. The lowest BCUT2D eigenvalue weighted by Crippen LogP contribution is -2.47. The van der Waals surface area contributed by atoms with Gasteiger partial charge in [-0.3, -0.25) is 19.3 Å². The van der Waals surface area contributed by atoms with Crippen LogP contribution in [0.4, 0.5) is 0 Å². The number of amides is 2. The summed E-state index contributed by atoms with van der Waals surface area (Å²) in [7, 11) is 0. The second-order valence-corrected chi connectivity index (χ2v) is 8.65. The third-order valence-corrected chi connectivity index (χ3v) is 6.14. The van der Waals surface area contributed by atoms with Crippen molar-refractivity contribution in [1.82, 2.24) is 4.90 Å². The van der Waals surface area contributed by atoms with E-state index < -0.39 is 42.2 Å². The van der Waals surface area contributed by atoms with Gasteiger partial charge in [0.25, 0.3) is 11.8 Å². The summed E-state index contributed by atoms with van der Waals surface area (Å²) in [4.78, 5) is 65.0. The number of hydrogen-bond acceptors (Lipinski definition) is 8. The van der Waals surface area contributed by atoms with E-state index in [-0.39, 0.29) is 34.6 Å². The number of benzene rings is 3. The second-order valence-electron chi connectivity index (χ2n) is 8.65. The fraction of sp³-hybridized carbons (Fsp3) is 0.100. The van der Waals surface area contributed by atoms with Crippen LogP contribution in [0.2, 0.25) is 0 Å². The quantitative estimate of drug-likeness (QED) is 0.139. The minimum atomic E-state index is -1.27. The number of carbonyl (C=O) groups is 5. The zero-order valence-corrected chi connectivity index (χ0v) is 20.4. The zero-order chi connectivity index (χ0) is 27.4. The van der Waals surface area contributed by atoms with Crippen LogP contribution in [-0.2, 0) is 16.0 Å². The normalized spacial score (nSPS) is 13.1. The summed E-state index contributed by atoms with van der Waals surface area (Å²) in [5.74, 6) is -3.06. The lowest BCUT2D eigenvalue weighted by molar-refractivity contribution is -0.147. The van der Waals surface area contributed by atoms with Crippen molar-refractivity contribution in [1.29, 1.82) is 0 Å². The van der Waals surface area contributed by atoms with E-state index in [1.807, 2.05) is 0 Å². The standard InChI is InChI=1S/C30H21NO8/c32-25(20-12-14-21(15-13-20)39-30(36)26-11-6-16-37-26)18-38-29(35)24(17-19-7-2-1-3-8-19)31-27(33)22-9-4-5-10-23(22)28(31)34/h1-16,24H,17-18H2. The van der Waals surface area contributed by atoms with Crippen molar-refractivity contribution >= 4 is 29.5 Å². The van der Waals surface area contributed by atoms with Crippen molar-refractivity contribution in [3.05, 3.63) is 125 Å². The molecule has 0 saturated carbocycles. The Balaban J connectivity index is 1.27. The molecule has 1 unspecified atom stereocenters. The van der Waals surface area contributed by atoms with E-state index in [1.165, 1.54) is 48.7 Å². The Morgan fingerprint density at radius 3 is 2.03 bits per heavy atom. The van der Waals surface area contributed by atoms with Crippen LogP contribution in [0.25, 0.3) is 0 Å². The van der Waals surface area contributed by atoms with Crippen molar-refractivity contribution in [2.24, 2.45) is 0 Å². The summed E-state index contributed by atoms with van der Waals surface area (Å²) in [5.41, 5.74) is 1.33. The molecule has 1 aliphatic rings. The Bertz CT molecular complexity index is 1510. The monoisotopic (exact) mass is 523 g/mol. The average Bonchev–Trinajstić information content (AvgIpc) is 3.59. The highest BCUT2D eigenvalue weighted by atomic mass is 16.5. The van der Waals surface area contributed by atoms with Gasteiger partial charge in [-0.15, -0.1) is 0 Å². The SMILES string of the molecule is O=C(COC(=O)C(Cc1ccccc1)N1C(=O)c2ccccc2C1=O)c1ccc(OC(=O)c2ccco2)cc1. The predicted octanol–water partition coefficient (Wildman–Crippen LogP) is 4.13. The van der Waals surface area contributed by atoms with Gasteiger partial charge in [0.15, 0.2) is 12.4 Å². The molecule has 0 N–H and O–H groups in total. The van der Waals surface area contributed by atoms with E-state index in [9.17, 15) is 24.0 Å². The van der Waals surface area contributed by atoms with E-state index in [0.717, 1.165) is 4.90 Å². The van der Waals surface area contributed by atoms with Crippen LogP contribution in [0.15, 0.2) is 102 Å². The van der Waals surface area contributed by atoms with Crippen molar-refractivity contribution in [3.8, 4) is 5.75 Å². The average molecular weight is 523 g/mol. The maximum absolute atomic E-state index is 13.2. The van der Waals surface area contributed by atoms with Crippen LogP contribution in [-0.4, -0.2) is 47.1 Å². The Kier molecular flexibility index (Phi) is 7.13. The number of esters is 2. The summed E-state index contributed by atoms with van der Waals surface area (Å²) in [6.07, 6.45) is 1.37. The number of imide groups is 1. The molecule has 0 aliphatic carbocycles. The summed E-state index contributed by atoms with van der Waals surface area (Å²) in [6.45, 7) is -0.612. The number of fused-ring (bicyclic) bond motifs is 1. The lowest BCUT2D eigenvalue weighted by Gasteiger charge is -2.24. The van der Waals surface area contributed by atoms with Crippen LogP contribution in [0.5, 0.6) is 5.75 Å². The van der Waals surface area contributed by atoms with Gasteiger partial charge in [-0.2, -0.15) is 0 Å². The van der Waals surface area contributed by atoms with Crippen molar-refractivity contribution in [2.75, 3.05) is 6.61 Å². The summed E-state index contributed by atoms with van der Waals surface area (Å²) in [6, 6.07) is 22.7. The van der Waals surface area contributed by atoms with Crippen LogP contribution >= 0.6 is 0 Å². The number of ketones is 1. The zero-order valence-electron chi connectivity index (χ0n) is 20.4. The van der Waals surface area contributed by atoms with Gasteiger partial charge in [0.05, 0.1) is 17.4 Å². The van der Waals surface area contributed by atoms with E-state index >= 15 is 0 Å². The molecule has 5 rings (SSSR count). The molecule has 0 radical (unpaired) electrons. The molecular formula is C30H21NO8. The van der Waals surface area contributed by atoms with Crippen LogP contribution in [0.3, 0.4) is 0 Å². The number of rotatable bonds is 9. The number of hydrogen-bond donors (Lipinski definition) is 0. The Labute approximate surface area is 222 Å². The first kappa shape index (κ1) is 25.3. The molecule has 39 heavy (non-hydrogen) atoms. The molecule has 1 aromatic heterocycles. The van der Waals surface area contributed by atoms with E-state index in [1.54, 1.807) is 48.5 Å². The fourth-order valence-electron chi connectivity index (χ4n) is 4.19. The first-order valence-electron chi connectivity index (χ1n) is 12.0. The van der Waals surface area contributed by atoms with Gasteiger partial charge in [0.2, 0.25) is 5.76 Å². The maximum Gasteiger partial charge on any atom is 0.379 e. The molecule has 1 aliphatic heterocycles. The number of Topliss-reactive ketones (excluding diaryl/α,β-unsaturated/α-hetero) is 1. The van der Waals surface area contributed by atoms with Crippen molar-refractivity contribution in [2.45, 2.75) is 12.5 Å². The molecule has 0 saturated heterocycles. The lowest BCUT2D eigenvalue weighted by atomic mass is 10.0. The van der Waals surface area contributed by atoms with Gasteiger partial charge in [-0.05, 0) is 54.1 Å². The highest BCUT2D eigenvalue weighted by Crippen LogP contribution is 2.26. The molecule has 0 fully saturated rings. The number of nitrogens with zero attached hydrogens (tertiary/aromatic N) is 1. The fourth-order valence-corrected chi connectivity index (χ4v) is 4.19. The first-order chi connectivity index (χ1) is 18.9. The van der Waals surface area contributed by atoms with Gasteiger partial charge in [0, 0.05) is 12.0 Å². The van der Waals surface area contributed by atoms with Gasteiger partial charge in [0.1, 0.15) is 11.8 Å². The summed E-state index contributed by atoms with van der Waals surface area (Å²) < 4.78 is 15.5. The smallest absolute Gasteiger partial charge is 0.379 e. The molecule has 0 bridgehead atoms. The Hall–Kier alpha value is -5.31. The summed E-state index contributed by atoms with van der Waals surface area (Å²) in [5, 5.41) is 0. The van der Waals surface area contributed by atoms with E-state index in [2.05, 4.69) is 0 Å². The van der Waals surface area contributed by atoms with E-state index in [0.29, 0.717) is 5.56 Å². The predicted molar refractivity (Wildman–Crippen MR) is 136 cm³/mol. The topological polar surface area (TPSA) is 120 Å². The van der Waals surface area contributed by atoms with Crippen LogP contribution < -0.4 is 4.74 Å². The third-order valence-electron chi connectivity index (χ3n) is 6.14. The molecule has 9 heteroatoms. The highest BCUT2D eigenvalue weighted by molar-refractivity contribution is 6.22. The minimum absolute atomic E-state index is 0.0229.